The van der Waals surface area contributed by atoms with Gasteiger partial charge in [0.1, 0.15) is 17.7 Å². The number of alkyl halides is 1. The molecule has 2 amide bonds. The summed E-state index contributed by atoms with van der Waals surface area (Å²) < 4.78 is 28.2. The molecule has 9 heteroatoms. The molecule has 1 aliphatic carbocycles. The van der Waals surface area contributed by atoms with Gasteiger partial charge in [0.15, 0.2) is 0 Å². The molecule has 1 aromatic carbocycles. The maximum Gasteiger partial charge on any atom is 0.323 e. The lowest BCUT2D eigenvalue weighted by atomic mass is 10.1. The van der Waals surface area contributed by atoms with Crippen LogP contribution < -0.4 is 10.6 Å². The Balaban J connectivity index is 1.78. The van der Waals surface area contributed by atoms with Crippen molar-refractivity contribution < 1.29 is 18.7 Å². The fourth-order valence-electron chi connectivity index (χ4n) is 2.56. The lowest BCUT2D eigenvalue weighted by Gasteiger charge is -2.15. The number of phenolic OH excluding ortho intramolecular Hbond substituents is 1. The van der Waals surface area contributed by atoms with E-state index in [1.54, 1.807) is 7.05 Å². The molecule has 1 aliphatic rings. The summed E-state index contributed by atoms with van der Waals surface area (Å²) in [6, 6.07) is 3.67. The summed E-state index contributed by atoms with van der Waals surface area (Å²) in [5.74, 6) is -0.869. The van der Waals surface area contributed by atoms with E-state index in [0.29, 0.717) is 22.0 Å². The maximum absolute atomic E-state index is 13.6. The third kappa shape index (κ3) is 3.70. The molecular formula is C17H15ClF2N4O2. The van der Waals surface area contributed by atoms with Crippen molar-refractivity contribution in [3.05, 3.63) is 53.1 Å². The van der Waals surface area contributed by atoms with Gasteiger partial charge in [0, 0.05) is 24.7 Å². The lowest BCUT2D eigenvalue weighted by Crippen LogP contribution is -2.29. The van der Waals surface area contributed by atoms with Crippen molar-refractivity contribution in [2.24, 2.45) is 7.05 Å². The number of aromatic hydroxyl groups is 1. The maximum atomic E-state index is 13.6. The van der Waals surface area contributed by atoms with E-state index in [4.69, 9.17) is 11.6 Å². The quantitative estimate of drug-likeness (QED) is 0.703. The van der Waals surface area contributed by atoms with Gasteiger partial charge in [-0.05, 0) is 24.3 Å². The third-order valence-electron chi connectivity index (χ3n) is 3.78. The van der Waals surface area contributed by atoms with Crippen LogP contribution in [0.1, 0.15) is 6.42 Å². The second kappa shape index (κ2) is 7.17. The Morgan fingerprint density at radius 2 is 2.19 bits per heavy atom. The zero-order valence-electron chi connectivity index (χ0n) is 13.6. The van der Waals surface area contributed by atoms with Gasteiger partial charge in [0.25, 0.3) is 0 Å². The molecule has 0 spiro atoms. The van der Waals surface area contributed by atoms with E-state index in [1.165, 1.54) is 35.2 Å². The number of rotatable bonds is 3. The minimum absolute atomic E-state index is 0.00855. The highest BCUT2D eigenvalue weighted by Gasteiger charge is 2.18. The first kappa shape index (κ1) is 17.9. The molecule has 0 saturated heterocycles. The summed E-state index contributed by atoms with van der Waals surface area (Å²) in [6.45, 7) is 0. The van der Waals surface area contributed by atoms with E-state index in [-0.39, 0.29) is 17.9 Å². The van der Waals surface area contributed by atoms with Crippen LogP contribution in [0.15, 0.2) is 48.1 Å². The molecule has 0 bridgehead atoms. The smallest absolute Gasteiger partial charge is 0.323 e. The first-order valence-electron chi connectivity index (χ1n) is 7.66. The van der Waals surface area contributed by atoms with Crippen LogP contribution in [0.2, 0.25) is 5.02 Å². The van der Waals surface area contributed by atoms with E-state index in [1.807, 2.05) is 0 Å². The average molecular weight is 381 g/mol. The van der Waals surface area contributed by atoms with Gasteiger partial charge in [-0.2, -0.15) is 5.10 Å². The summed E-state index contributed by atoms with van der Waals surface area (Å²) in [6.07, 6.45) is 2.11. The molecule has 1 aromatic heterocycles. The molecule has 1 atom stereocenters. The molecule has 6 nitrogen and oxygen atoms in total. The van der Waals surface area contributed by atoms with Crippen molar-refractivity contribution in [1.29, 1.82) is 0 Å². The number of nitrogens with zero attached hydrogens (tertiary/aromatic N) is 2. The van der Waals surface area contributed by atoms with Gasteiger partial charge >= 0.3 is 6.03 Å². The Morgan fingerprint density at radius 1 is 1.42 bits per heavy atom. The van der Waals surface area contributed by atoms with Gasteiger partial charge in [-0.1, -0.05) is 17.7 Å². The summed E-state index contributed by atoms with van der Waals surface area (Å²) >= 11 is 6.09. The number of hydrogen-bond acceptors (Lipinski definition) is 3. The zero-order valence-corrected chi connectivity index (χ0v) is 14.4. The molecule has 1 unspecified atom stereocenters. The largest absolute Gasteiger partial charge is 0.507 e. The average Bonchev–Trinajstić information content (AvgIpc) is 2.91. The molecule has 2 aromatic rings. The standard InChI is InChI=1S/C17H15ClF2N4O2/c1-24-16(12(18)8-21-24)11-7-10(3-5-15(11)25)22-17(26)23-14-4-2-9(19)6-13(14)20/h3-9,25H,2H2,1H3,(H2,22,23,26). The number of nitrogens with one attached hydrogen (secondary N) is 2. The molecule has 0 fully saturated rings. The highest BCUT2D eigenvalue weighted by molar-refractivity contribution is 6.33. The van der Waals surface area contributed by atoms with Crippen LogP contribution in [0, 0.1) is 0 Å². The Labute approximate surface area is 152 Å². The molecule has 0 saturated carbocycles. The van der Waals surface area contributed by atoms with Gasteiger partial charge in [0.2, 0.25) is 0 Å². The van der Waals surface area contributed by atoms with Crippen LogP contribution in [0.4, 0.5) is 19.3 Å². The van der Waals surface area contributed by atoms with Crippen LogP contribution in [-0.4, -0.2) is 27.1 Å². The number of hydrogen-bond donors (Lipinski definition) is 3. The number of halogens is 3. The molecule has 0 aliphatic heterocycles. The van der Waals surface area contributed by atoms with E-state index in [9.17, 15) is 18.7 Å². The summed E-state index contributed by atoms with van der Waals surface area (Å²) in [5, 5.41) is 19.3. The van der Waals surface area contributed by atoms with Gasteiger partial charge in [-0.25, -0.2) is 13.6 Å². The number of allylic oxidation sites excluding steroid dienone is 3. The van der Waals surface area contributed by atoms with Crippen LogP contribution in [0.3, 0.4) is 0 Å². The fraction of sp³-hybridized carbons (Fsp3) is 0.176. The summed E-state index contributed by atoms with van der Waals surface area (Å²) in [4.78, 5) is 12.1. The SMILES string of the molecule is Cn1ncc(Cl)c1-c1cc(NC(=O)NC2=CCC(F)C=C2F)ccc1O. The topological polar surface area (TPSA) is 79.2 Å². The second-order valence-electron chi connectivity index (χ2n) is 5.66. The first-order valence-corrected chi connectivity index (χ1v) is 8.03. The highest BCUT2D eigenvalue weighted by atomic mass is 35.5. The van der Waals surface area contributed by atoms with Crippen molar-refractivity contribution in [1.82, 2.24) is 15.1 Å². The molecule has 0 radical (unpaired) electrons. The molecule has 3 N–H and O–H groups in total. The van der Waals surface area contributed by atoms with Gasteiger partial charge < -0.3 is 15.7 Å². The number of phenols is 1. The number of aromatic nitrogens is 2. The lowest BCUT2D eigenvalue weighted by molar-refractivity contribution is 0.254. The molecular weight excluding hydrogens is 366 g/mol. The Bertz CT molecular complexity index is 904. The van der Waals surface area contributed by atoms with Crippen LogP contribution in [0.25, 0.3) is 11.3 Å². The molecule has 26 heavy (non-hydrogen) atoms. The zero-order chi connectivity index (χ0) is 18.8. The van der Waals surface area contributed by atoms with Crippen molar-refractivity contribution in [2.75, 3.05) is 5.32 Å². The number of anilines is 1. The summed E-state index contributed by atoms with van der Waals surface area (Å²) in [7, 11) is 1.66. The third-order valence-corrected chi connectivity index (χ3v) is 4.06. The first-order chi connectivity index (χ1) is 12.3. The van der Waals surface area contributed by atoms with Gasteiger partial charge in [-0.15, -0.1) is 0 Å². The minimum Gasteiger partial charge on any atom is -0.507 e. The van der Waals surface area contributed by atoms with Crippen molar-refractivity contribution in [3.8, 4) is 17.0 Å². The minimum atomic E-state index is -1.40. The van der Waals surface area contributed by atoms with Crippen LogP contribution >= 0.6 is 11.6 Å². The predicted molar refractivity (Wildman–Crippen MR) is 94.3 cm³/mol. The number of urea groups is 1. The molecule has 136 valence electrons. The van der Waals surface area contributed by atoms with E-state index < -0.39 is 18.0 Å². The Hall–Kier alpha value is -2.87. The van der Waals surface area contributed by atoms with E-state index >= 15 is 0 Å². The predicted octanol–water partition coefficient (Wildman–Crippen LogP) is 4.05. The normalized spacial score (nSPS) is 16.7. The molecule has 1 heterocycles. The van der Waals surface area contributed by atoms with Gasteiger partial charge in [0.05, 0.1) is 22.6 Å². The summed E-state index contributed by atoms with van der Waals surface area (Å²) in [5.41, 5.74) is 1.10. The number of amides is 2. The monoisotopic (exact) mass is 380 g/mol. The van der Waals surface area contributed by atoms with Crippen molar-refractivity contribution in [2.45, 2.75) is 12.6 Å². The number of benzene rings is 1. The van der Waals surface area contributed by atoms with Crippen molar-refractivity contribution in [3.63, 3.8) is 0 Å². The Kier molecular flexibility index (Phi) is 4.94. The van der Waals surface area contributed by atoms with Gasteiger partial charge in [-0.3, -0.25) is 4.68 Å². The van der Waals surface area contributed by atoms with E-state index in [0.717, 1.165) is 6.08 Å². The van der Waals surface area contributed by atoms with Crippen molar-refractivity contribution >= 4 is 23.3 Å². The Morgan fingerprint density at radius 3 is 2.85 bits per heavy atom. The number of aryl methyl sites for hydroxylation is 1. The van der Waals surface area contributed by atoms with E-state index in [2.05, 4.69) is 15.7 Å². The fourth-order valence-corrected chi connectivity index (χ4v) is 2.82. The van der Waals surface area contributed by atoms with Crippen LogP contribution in [0.5, 0.6) is 5.75 Å². The highest BCUT2D eigenvalue weighted by Crippen LogP contribution is 2.35. The number of carbonyl (C=O) groups excluding carboxylic acids is 1. The molecule has 3 rings (SSSR count). The van der Waals surface area contributed by atoms with Crippen LogP contribution in [-0.2, 0) is 7.05 Å². The second-order valence-corrected chi connectivity index (χ2v) is 6.07. The number of carbonyl (C=O) groups is 1.